The lowest BCUT2D eigenvalue weighted by atomic mass is 10.0. The normalized spacial score (nSPS) is 13.8. The fraction of sp³-hybridized carbons (Fsp3) is 0.385. The molecule has 1 aromatic carbocycles. The molecule has 2 aromatic rings. The first-order valence-corrected chi connectivity index (χ1v) is 6.63. The number of rotatable bonds is 6. The van der Waals surface area contributed by atoms with Crippen molar-refractivity contribution in [1.82, 2.24) is 15.5 Å². The predicted octanol–water partition coefficient (Wildman–Crippen LogP) is 0.392. The smallest absolute Gasteiger partial charge is 0.271 e. The molecular weight excluding hydrogens is 292 g/mol. The Balaban J connectivity index is 2.15. The Morgan fingerprint density at radius 3 is 2.86 bits per heavy atom. The molecule has 0 saturated carbocycles. The minimum Gasteiger partial charge on any atom is -0.390 e. The molecule has 0 spiro atoms. The van der Waals surface area contributed by atoms with Crippen LogP contribution in [0.2, 0.25) is 0 Å². The van der Waals surface area contributed by atoms with Crippen LogP contribution >= 0.6 is 0 Å². The Labute approximate surface area is 125 Å². The van der Waals surface area contributed by atoms with Gasteiger partial charge in [0.1, 0.15) is 6.10 Å². The zero-order valence-electron chi connectivity index (χ0n) is 11.8. The monoisotopic (exact) mass is 308 g/mol. The number of carbonyl (C=O) groups excluding carboxylic acids is 1. The largest absolute Gasteiger partial charge is 0.390 e. The number of carbonyl (C=O) groups is 1. The third-order valence-electron chi connectivity index (χ3n) is 3.25. The second kappa shape index (κ2) is 6.50. The number of fused-ring (bicyclic) bond motifs is 1. The standard InChI is InChI=1S/C13H16N4O5/c1-7(18)14-5-4-11(19)13(20)12-9-3-2-8(17(21)22)6-10(9)15-16-12/h2-3,6,11,13,19-20H,4-5H2,1H3,(H,14,18)(H,15,16). The maximum absolute atomic E-state index is 10.8. The van der Waals surface area contributed by atoms with Crippen molar-refractivity contribution >= 4 is 22.5 Å². The molecular formula is C13H16N4O5. The van der Waals surface area contributed by atoms with Crippen LogP contribution in [0.1, 0.15) is 25.1 Å². The number of non-ortho nitro benzene ring substituents is 1. The molecule has 0 fully saturated rings. The second-order valence-electron chi connectivity index (χ2n) is 4.88. The fourth-order valence-electron chi connectivity index (χ4n) is 2.11. The number of hydrogen-bond acceptors (Lipinski definition) is 6. The molecule has 2 unspecified atom stereocenters. The van der Waals surface area contributed by atoms with Gasteiger partial charge in [0.2, 0.25) is 5.91 Å². The van der Waals surface area contributed by atoms with Gasteiger partial charge in [-0.25, -0.2) is 0 Å². The van der Waals surface area contributed by atoms with E-state index >= 15 is 0 Å². The van der Waals surface area contributed by atoms with Crippen LogP contribution in [-0.4, -0.2) is 43.9 Å². The zero-order chi connectivity index (χ0) is 16.3. The number of nitro benzene ring substituents is 1. The summed E-state index contributed by atoms with van der Waals surface area (Å²) in [6.45, 7) is 1.59. The second-order valence-corrected chi connectivity index (χ2v) is 4.88. The van der Waals surface area contributed by atoms with Crippen LogP contribution in [0, 0.1) is 10.1 Å². The van der Waals surface area contributed by atoms with Gasteiger partial charge in [0.15, 0.2) is 0 Å². The predicted molar refractivity (Wildman–Crippen MR) is 77.0 cm³/mol. The van der Waals surface area contributed by atoms with E-state index in [9.17, 15) is 25.1 Å². The summed E-state index contributed by atoms with van der Waals surface area (Å²) in [5, 5.41) is 40.3. The summed E-state index contributed by atoms with van der Waals surface area (Å²) in [6.07, 6.45) is -2.18. The van der Waals surface area contributed by atoms with Gasteiger partial charge in [-0.1, -0.05) is 0 Å². The average Bonchev–Trinajstić information content (AvgIpc) is 2.88. The van der Waals surface area contributed by atoms with Crippen LogP contribution in [0.5, 0.6) is 0 Å². The molecule has 9 heteroatoms. The van der Waals surface area contributed by atoms with Gasteiger partial charge in [-0.2, -0.15) is 5.10 Å². The lowest BCUT2D eigenvalue weighted by Gasteiger charge is -2.16. The topological polar surface area (TPSA) is 141 Å². The summed E-state index contributed by atoms with van der Waals surface area (Å²) in [4.78, 5) is 20.9. The summed E-state index contributed by atoms with van der Waals surface area (Å²) < 4.78 is 0. The summed E-state index contributed by atoms with van der Waals surface area (Å²) in [5.74, 6) is -0.221. The van der Waals surface area contributed by atoms with Crippen molar-refractivity contribution in [3.05, 3.63) is 34.0 Å². The number of aromatic amines is 1. The van der Waals surface area contributed by atoms with Crippen LogP contribution in [-0.2, 0) is 4.79 Å². The van der Waals surface area contributed by atoms with Crippen LogP contribution in [0.15, 0.2) is 18.2 Å². The van der Waals surface area contributed by atoms with Crippen LogP contribution < -0.4 is 5.32 Å². The van der Waals surface area contributed by atoms with Crippen molar-refractivity contribution in [3.8, 4) is 0 Å². The van der Waals surface area contributed by atoms with E-state index in [2.05, 4.69) is 15.5 Å². The molecule has 4 N–H and O–H groups in total. The Morgan fingerprint density at radius 2 is 2.23 bits per heavy atom. The minimum absolute atomic E-state index is 0.105. The highest BCUT2D eigenvalue weighted by molar-refractivity contribution is 5.83. The molecule has 1 aromatic heterocycles. The van der Waals surface area contributed by atoms with Crippen molar-refractivity contribution in [2.45, 2.75) is 25.6 Å². The summed E-state index contributed by atoms with van der Waals surface area (Å²) in [7, 11) is 0. The minimum atomic E-state index is -1.24. The molecule has 2 rings (SSSR count). The number of H-pyrrole nitrogens is 1. The number of aliphatic hydroxyl groups excluding tert-OH is 2. The average molecular weight is 308 g/mol. The summed E-state index contributed by atoms with van der Waals surface area (Å²) in [6, 6.07) is 4.06. The summed E-state index contributed by atoms with van der Waals surface area (Å²) in [5.41, 5.74) is 0.504. The number of aromatic nitrogens is 2. The third-order valence-corrected chi connectivity index (χ3v) is 3.25. The molecule has 1 heterocycles. The molecule has 2 atom stereocenters. The summed E-state index contributed by atoms with van der Waals surface area (Å²) >= 11 is 0. The van der Waals surface area contributed by atoms with Gasteiger partial charge in [-0.3, -0.25) is 20.0 Å². The molecule has 0 aliphatic carbocycles. The van der Waals surface area contributed by atoms with E-state index in [-0.39, 0.29) is 30.3 Å². The molecule has 9 nitrogen and oxygen atoms in total. The van der Waals surface area contributed by atoms with Gasteiger partial charge in [0.05, 0.1) is 22.2 Å². The molecule has 0 aliphatic rings. The fourth-order valence-corrected chi connectivity index (χ4v) is 2.11. The highest BCUT2D eigenvalue weighted by Gasteiger charge is 2.23. The van der Waals surface area contributed by atoms with Gasteiger partial charge in [-0.05, 0) is 12.5 Å². The Morgan fingerprint density at radius 1 is 1.50 bits per heavy atom. The Hall–Kier alpha value is -2.52. The van der Waals surface area contributed by atoms with Crippen molar-refractivity contribution in [2.75, 3.05) is 6.54 Å². The van der Waals surface area contributed by atoms with E-state index in [1.165, 1.54) is 25.1 Å². The molecule has 118 valence electrons. The zero-order valence-corrected chi connectivity index (χ0v) is 11.8. The van der Waals surface area contributed by atoms with E-state index in [0.717, 1.165) is 0 Å². The molecule has 0 aliphatic heterocycles. The van der Waals surface area contributed by atoms with Crippen LogP contribution in [0.3, 0.4) is 0 Å². The molecule has 0 radical (unpaired) electrons. The number of hydrogen-bond donors (Lipinski definition) is 4. The number of benzene rings is 1. The first-order chi connectivity index (χ1) is 10.4. The number of nitrogens with one attached hydrogen (secondary N) is 2. The van der Waals surface area contributed by atoms with Crippen molar-refractivity contribution in [3.63, 3.8) is 0 Å². The van der Waals surface area contributed by atoms with Crippen molar-refractivity contribution in [1.29, 1.82) is 0 Å². The molecule has 1 amide bonds. The van der Waals surface area contributed by atoms with Crippen molar-refractivity contribution in [2.24, 2.45) is 0 Å². The van der Waals surface area contributed by atoms with E-state index in [4.69, 9.17) is 0 Å². The third kappa shape index (κ3) is 3.38. The van der Waals surface area contributed by atoms with E-state index < -0.39 is 17.1 Å². The first-order valence-electron chi connectivity index (χ1n) is 6.63. The van der Waals surface area contributed by atoms with E-state index in [1.54, 1.807) is 0 Å². The molecule has 22 heavy (non-hydrogen) atoms. The van der Waals surface area contributed by atoms with E-state index in [1.807, 2.05) is 0 Å². The highest BCUT2D eigenvalue weighted by Crippen LogP contribution is 2.27. The van der Waals surface area contributed by atoms with Crippen molar-refractivity contribution < 1.29 is 19.9 Å². The highest BCUT2D eigenvalue weighted by atomic mass is 16.6. The van der Waals surface area contributed by atoms with Crippen LogP contribution in [0.4, 0.5) is 5.69 Å². The van der Waals surface area contributed by atoms with Gasteiger partial charge >= 0.3 is 0 Å². The first kappa shape index (κ1) is 15.9. The van der Waals surface area contributed by atoms with Gasteiger partial charge < -0.3 is 15.5 Å². The molecule has 0 saturated heterocycles. The molecule has 0 bridgehead atoms. The maximum Gasteiger partial charge on any atom is 0.271 e. The number of amides is 1. The Bertz CT molecular complexity index is 699. The van der Waals surface area contributed by atoms with Crippen LogP contribution in [0.25, 0.3) is 10.9 Å². The number of aliphatic hydroxyl groups is 2. The van der Waals surface area contributed by atoms with Gasteiger partial charge in [0.25, 0.3) is 5.69 Å². The van der Waals surface area contributed by atoms with Gasteiger partial charge in [0, 0.05) is 31.0 Å². The Kier molecular flexibility index (Phi) is 4.68. The number of nitro groups is 1. The number of nitrogens with zero attached hydrogens (tertiary/aromatic N) is 2. The lowest BCUT2D eigenvalue weighted by molar-refractivity contribution is -0.384. The van der Waals surface area contributed by atoms with Gasteiger partial charge in [-0.15, -0.1) is 0 Å². The SMILES string of the molecule is CC(=O)NCCC(O)C(O)c1[nH]nc2cc([N+](=O)[O-])ccc12. The quantitative estimate of drug-likeness (QED) is 0.449. The lowest BCUT2D eigenvalue weighted by Crippen LogP contribution is -2.27. The van der Waals surface area contributed by atoms with E-state index in [0.29, 0.717) is 10.9 Å². The maximum atomic E-state index is 10.8.